The number of H-pyrrole nitrogens is 1. The van der Waals surface area contributed by atoms with Crippen molar-refractivity contribution in [2.24, 2.45) is 5.92 Å². The number of likely N-dealkylation sites (tertiary alicyclic amines) is 1. The summed E-state index contributed by atoms with van der Waals surface area (Å²) < 4.78 is 4.60. The molecule has 2 aromatic rings. The molecule has 0 spiro atoms. The van der Waals surface area contributed by atoms with Crippen LogP contribution in [0.1, 0.15) is 58.4 Å². The van der Waals surface area contributed by atoms with Crippen molar-refractivity contribution < 1.29 is 33.5 Å². The van der Waals surface area contributed by atoms with Gasteiger partial charge in [0.05, 0.1) is 25.5 Å². The Labute approximate surface area is 262 Å². The maximum absolute atomic E-state index is 13.5. The molecule has 0 saturated carbocycles. The molecule has 4 unspecified atom stereocenters. The van der Waals surface area contributed by atoms with Crippen molar-refractivity contribution in [3.63, 3.8) is 0 Å². The van der Waals surface area contributed by atoms with Gasteiger partial charge in [-0.05, 0) is 43.7 Å². The van der Waals surface area contributed by atoms with Crippen molar-refractivity contribution in [1.82, 2.24) is 25.8 Å². The molecule has 4 amide bonds. The van der Waals surface area contributed by atoms with Gasteiger partial charge in [0.2, 0.25) is 23.6 Å². The van der Waals surface area contributed by atoms with Gasteiger partial charge in [0.15, 0.2) is 5.78 Å². The molecule has 1 aromatic heterocycles. The van der Waals surface area contributed by atoms with E-state index in [1.807, 2.05) is 38.1 Å². The zero-order chi connectivity index (χ0) is 32.4. The number of alkyl halides is 1. The highest BCUT2D eigenvalue weighted by Gasteiger charge is 2.38. The predicted octanol–water partition coefficient (Wildman–Crippen LogP) is 1.98. The highest BCUT2D eigenvalue weighted by molar-refractivity contribution is 6.28. The average Bonchev–Trinajstić information content (AvgIpc) is 3.66. The van der Waals surface area contributed by atoms with Crippen LogP contribution in [0.3, 0.4) is 0 Å². The first-order valence-corrected chi connectivity index (χ1v) is 15.4. The summed E-state index contributed by atoms with van der Waals surface area (Å²) in [6.45, 7) is 5.71. The third-order valence-electron chi connectivity index (χ3n) is 7.65. The zero-order valence-corrected chi connectivity index (χ0v) is 26.4. The van der Waals surface area contributed by atoms with Gasteiger partial charge < -0.3 is 30.6 Å². The van der Waals surface area contributed by atoms with E-state index < -0.39 is 53.8 Å². The summed E-state index contributed by atoms with van der Waals surface area (Å²) in [5, 5.41) is 9.04. The summed E-state index contributed by atoms with van der Waals surface area (Å²) in [5.41, 5.74) is 1.65. The first-order valence-electron chi connectivity index (χ1n) is 14.9. The molecule has 240 valence electrons. The number of benzene rings is 1. The van der Waals surface area contributed by atoms with Crippen molar-refractivity contribution in [2.75, 3.05) is 19.5 Å². The standard InChI is InChI=1S/C31H42ClN5O7/c1-18(2)14-23(26(38)16-32)36-30(42)25-10-7-13-37(25)31(43)19(3)34-29(41)24(35-27(39)11-12-28(40)44-4)15-20-17-33-22-9-6-5-8-21(20)22/h5-6,8-9,17-19,23-25,33H,7,10-16H2,1-4H3,(H,34,41)(H,35,39)(H,36,42). The number of amides is 4. The van der Waals surface area contributed by atoms with Crippen molar-refractivity contribution in [3.05, 3.63) is 36.0 Å². The molecule has 1 fully saturated rings. The van der Waals surface area contributed by atoms with E-state index in [0.717, 1.165) is 16.5 Å². The van der Waals surface area contributed by atoms with Gasteiger partial charge in [0.1, 0.15) is 18.1 Å². The largest absolute Gasteiger partial charge is 0.469 e. The van der Waals surface area contributed by atoms with Crippen LogP contribution in [0.4, 0.5) is 0 Å². The summed E-state index contributed by atoms with van der Waals surface area (Å²) in [7, 11) is 1.23. The quantitative estimate of drug-likeness (QED) is 0.172. The molecule has 1 aromatic carbocycles. The predicted molar refractivity (Wildman–Crippen MR) is 165 cm³/mol. The van der Waals surface area contributed by atoms with Crippen LogP contribution in [0.2, 0.25) is 0 Å². The van der Waals surface area contributed by atoms with E-state index >= 15 is 0 Å². The van der Waals surface area contributed by atoms with Gasteiger partial charge in [0.25, 0.3) is 0 Å². The number of aromatic amines is 1. The molecule has 4 atom stereocenters. The topological polar surface area (TPSA) is 167 Å². The average molecular weight is 632 g/mol. The minimum absolute atomic E-state index is 0.126. The second-order valence-corrected chi connectivity index (χ2v) is 11.7. The first kappa shape index (κ1) is 34.6. The second-order valence-electron chi connectivity index (χ2n) is 11.5. The SMILES string of the molecule is COC(=O)CCC(=O)NC(Cc1c[nH]c2ccccc12)C(=O)NC(C)C(=O)N1CCCC1C(=O)NC(CC(C)C)C(=O)CCl. The van der Waals surface area contributed by atoms with Crippen molar-refractivity contribution in [2.45, 2.75) is 83.5 Å². The lowest BCUT2D eigenvalue weighted by molar-refractivity contribution is -0.142. The molecule has 0 aliphatic carbocycles. The molecule has 0 bridgehead atoms. The number of nitrogens with one attached hydrogen (secondary N) is 4. The Balaban J connectivity index is 1.71. The number of hydrogen-bond donors (Lipinski definition) is 4. The maximum Gasteiger partial charge on any atom is 0.306 e. The number of para-hydroxylation sites is 1. The van der Waals surface area contributed by atoms with E-state index in [1.165, 1.54) is 18.9 Å². The third-order valence-corrected chi connectivity index (χ3v) is 7.91. The highest BCUT2D eigenvalue weighted by atomic mass is 35.5. The van der Waals surface area contributed by atoms with Crippen LogP contribution in [0.25, 0.3) is 10.9 Å². The number of nitrogens with zero attached hydrogens (tertiary/aromatic N) is 1. The minimum Gasteiger partial charge on any atom is -0.469 e. The molecule has 0 radical (unpaired) electrons. The number of carbonyl (C=O) groups is 6. The van der Waals surface area contributed by atoms with Crippen LogP contribution >= 0.6 is 11.6 Å². The van der Waals surface area contributed by atoms with Gasteiger partial charge in [0, 0.05) is 36.5 Å². The Bertz CT molecular complexity index is 1360. The van der Waals surface area contributed by atoms with E-state index in [-0.39, 0.29) is 36.8 Å². The number of fused-ring (bicyclic) bond motifs is 1. The summed E-state index contributed by atoms with van der Waals surface area (Å²) in [5.74, 6) is -2.93. The highest BCUT2D eigenvalue weighted by Crippen LogP contribution is 2.21. The molecule has 12 nitrogen and oxygen atoms in total. The number of Topliss-reactive ketones (excluding diaryl/α,β-unsaturated/α-hetero) is 1. The number of ketones is 1. The van der Waals surface area contributed by atoms with Gasteiger partial charge in [-0.15, -0.1) is 11.6 Å². The van der Waals surface area contributed by atoms with Gasteiger partial charge in [-0.3, -0.25) is 28.8 Å². The number of rotatable bonds is 15. The smallest absolute Gasteiger partial charge is 0.306 e. The number of methoxy groups -OCH3 is 1. The van der Waals surface area contributed by atoms with Gasteiger partial charge in [-0.1, -0.05) is 32.0 Å². The number of carbonyl (C=O) groups excluding carboxylic acids is 6. The van der Waals surface area contributed by atoms with E-state index in [4.69, 9.17) is 11.6 Å². The Morgan fingerprint density at radius 1 is 1.02 bits per heavy atom. The van der Waals surface area contributed by atoms with E-state index in [2.05, 4.69) is 25.7 Å². The molecule has 1 aliphatic heterocycles. The molecule has 2 heterocycles. The van der Waals surface area contributed by atoms with Crippen LogP contribution in [-0.4, -0.2) is 89.0 Å². The van der Waals surface area contributed by atoms with E-state index in [0.29, 0.717) is 25.8 Å². The molecule has 3 rings (SSSR count). The minimum atomic E-state index is -1.05. The second kappa shape index (κ2) is 16.2. The monoisotopic (exact) mass is 631 g/mol. The molecule has 1 aliphatic rings. The van der Waals surface area contributed by atoms with Crippen molar-refractivity contribution in [3.8, 4) is 0 Å². The normalized spacial score (nSPS) is 16.7. The lowest BCUT2D eigenvalue weighted by Crippen LogP contribution is -2.57. The Morgan fingerprint density at radius 3 is 2.43 bits per heavy atom. The number of aromatic nitrogens is 1. The first-order chi connectivity index (χ1) is 20.9. The van der Waals surface area contributed by atoms with Gasteiger partial charge in [-0.25, -0.2) is 0 Å². The lowest BCUT2D eigenvalue weighted by atomic mass is 10.00. The summed E-state index contributed by atoms with van der Waals surface area (Å²) in [6, 6.07) is 3.93. The van der Waals surface area contributed by atoms with Crippen LogP contribution in [-0.2, 0) is 39.9 Å². The lowest BCUT2D eigenvalue weighted by Gasteiger charge is -2.29. The van der Waals surface area contributed by atoms with Gasteiger partial charge in [-0.2, -0.15) is 0 Å². The van der Waals surface area contributed by atoms with E-state index in [1.54, 1.807) is 6.20 Å². The zero-order valence-electron chi connectivity index (χ0n) is 25.6. The molecule has 44 heavy (non-hydrogen) atoms. The van der Waals surface area contributed by atoms with Crippen LogP contribution in [0, 0.1) is 5.92 Å². The number of esters is 1. The summed E-state index contributed by atoms with van der Waals surface area (Å²) in [6.07, 6.45) is 2.99. The molecule has 1 saturated heterocycles. The van der Waals surface area contributed by atoms with Crippen molar-refractivity contribution in [1.29, 1.82) is 0 Å². The summed E-state index contributed by atoms with van der Waals surface area (Å²) >= 11 is 5.76. The van der Waals surface area contributed by atoms with E-state index in [9.17, 15) is 28.8 Å². The Hall–Kier alpha value is -3.93. The Morgan fingerprint density at radius 2 is 1.75 bits per heavy atom. The number of halogens is 1. The van der Waals surface area contributed by atoms with Gasteiger partial charge >= 0.3 is 5.97 Å². The molecular weight excluding hydrogens is 590 g/mol. The molecule has 13 heteroatoms. The van der Waals surface area contributed by atoms with Crippen molar-refractivity contribution >= 4 is 57.9 Å². The Kier molecular flexibility index (Phi) is 12.7. The van der Waals surface area contributed by atoms with Crippen LogP contribution < -0.4 is 16.0 Å². The summed E-state index contributed by atoms with van der Waals surface area (Å²) in [4.78, 5) is 81.3. The maximum atomic E-state index is 13.5. The fraction of sp³-hybridized carbons (Fsp3) is 0.548. The fourth-order valence-electron chi connectivity index (χ4n) is 5.34. The molecule has 4 N–H and O–H groups in total. The van der Waals surface area contributed by atoms with Crippen LogP contribution in [0.5, 0.6) is 0 Å². The fourth-order valence-corrected chi connectivity index (χ4v) is 5.53. The molecular formula is C31H42ClN5O7. The van der Waals surface area contributed by atoms with Crippen LogP contribution in [0.15, 0.2) is 30.5 Å². The third kappa shape index (κ3) is 9.28. The number of ether oxygens (including phenoxy) is 1. The number of hydrogen-bond acceptors (Lipinski definition) is 7.